The Morgan fingerprint density at radius 3 is 2.67 bits per heavy atom. The molecule has 4 nitrogen and oxygen atoms in total. The summed E-state index contributed by atoms with van der Waals surface area (Å²) < 4.78 is 13.1. The van der Waals surface area contributed by atoms with Gasteiger partial charge in [0.1, 0.15) is 11.6 Å². The van der Waals surface area contributed by atoms with Crippen molar-refractivity contribution in [3.63, 3.8) is 0 Å². The van der Waals surface area contributed by atoms with Gasteiger partial charge in [0.05, 0.1) is 0 Å². The molecule has 0 radical (unpaired) electrons. The SMILES string of the molecule is CCc1cc(N2CCC(N)C2)nc(-c2ccc(F)cc2)n1. The van der Waals surface area contributed by atoms with Crippen molar-refractivity contribution in [3.8, 4) is 11.4 Å². The van der Waals surface area contributed by atoms with Crippen LogP contribution < -0.4 is 10.6 Å². The monoisotopic (exact) mass is 286 g/mol. The summed E-state index contributed by atoms with van der Waals surface area (Å²) in [6.45, 7) is 3.81. The minimum Gasteiger partial charge on any atom is -0.355 e. The maximum atomic E-state index is 13.1. The summed E-state index contributed by atoms with van der Waals surface area (Å²) in [7, 11) is 0. The van der Waals surface area contributed by atoms with Crippen molar-refractivity contribution >= 4 is 5.82 Å². The molecule has 0 spiro atoms. The van der Waals surface area contributed by atoms with Crippen LogP contribution in [0.5, 0.6) is 0 Å². The van der Waals surface area contributed by atoms with E-state index in [2.05, 4.69) is 21.8 Å². The lowest BCUT2D eigenvalue weighted by atomic mass is 10.2. The molecule has 1 aliphatic heterocycles. The van der Waals surface area contributed by atoms with Crippen molar-refractivity contribution < 1.29 is 4.39 Å². The number of anilines is 1. The summed E-state index contributed by atoms with van der Waals surface area (Å²) >= 11 is 0. The zero-order chi connectivity index (χ0) is 14.8. The maximum absolute atomic E-state index is 13.1. The Hall–Kier alpha value is -2.01. The first-order valence-corrected chi connectivity index (χ1v) is 7.30. The lowest BCUT2D eigenvalue weighted by Gasteiger charge is -2.18. The Morgan fingerprint density at radius 2 is 2.05 bits per heavy atom. The Balaban J connectivity index is 1.98. The topological polar surface area (TPSA) is 55.0 Å². The van der Waals surface area contributed by atoms with Gasteiger partial charge in [0.2, 0.25) is 0 Å². The molecule has 1 aromatic heterocycles. The van der Waals surface area contributed by atoms with Crippen molar-refractivity contribution in [3.05, 3.63) is 41.8 Å². The standard InChI is InChI=1S/C16H19FN4/c1-2-14-9-15(21-8-7-13(18)10-21)20-16(19-14)11-3-5-12(17)6-4-11/h3-6,9,13H,2,7-8,10,18H2,1H3. The van der Waals surface area contributed by atoms with E-state index in [4.69, 9.17) is 5.73 Å². The highest BCUT2D eigenvalue weighted by atomic mass is 19.1. The first kappa shape index (κ1) is 13.9. The van der Waals surface area contributed by atoms with E-state index in [0.717, 1.165) is 43.0 Å². The molecule has 1 atom stereocenters. The average molecular weight is 286 g/mol. The summed E-state index contributed by atoms with van der Waals surface area (Å²) in [5, 5.41) is 0. The molecule has 0 amide bonds. The van der Waals surface area contributed by atoms with Crippen molar-refractivity contribution in [1.82, 2.24) is 9.97 Å². The first-order chi connectivity index (χ1) is 10.2. The largest absolute Gasteiger partial charge is 0.355 e. The van der Waals surface area contributed by atoms with Gasteiger partial charge >= 0.3 is 0 Å². The predicted molar refractivity (Wildman–Crippen MR) is 81.6 cm³/mol. The van der Waals surface area contributed by atoms with E-state index in [1.165, 1.54) is 12.1 Å². The van der Waals surface area contributed by atoms with Gasteiger partial charge in [0, 0.05) is 36.5 Å². The lowest BCUT2D eigenvalue weighted by Crippen LogP contribution is -2.27. The zero-order valence-electron chi connectivity index (χ0n) is 12.1. The molecular formula is C16H19FN4. The molecule has 0 bridgehead atoms. The Kier molecular flexibility index (Phi) is 3.84. The molecule has 1 saturated heterocycles. The number of aromatic nitrogens is 2. The van der Waals surface area contributed by atoms with E-state index >= 15 is 0 Å². The normalized spacial score (nSPS) is 18.2. The fourth-order valence-corrected chi connectivity index (χ4v) is 2.55. The van der Waals surface area contributed by atoms with Crippen LogP contribution in [0.1, 0.15) is 19.0 Å². The Labute approximate surface area is 123 Å². The van der Waals surface area contributed by atoms with Crippen molar-refractivity contribution in [2.75, 3.05) is 18.0 Å². The highest BCUT2D eigenvalue weighted by molar-refractivity contribution is 5.58. The lowest BCUT2D eigenvalue weighted by molar-refractivity contribution is 0.628. The average Bonchev–Trinajstić information content (AvgIpc) is 2.94. The van der Waals surface area contributed by atoms with Gasteiger partial charge in [-0.2, -0.15) is 0 Å². The summed E-state index contributed by atoms with van der Waals surface area (Å²) in [6.07, 6.45) is 1.82. The molecule has 0 saturated carbocycles. The van der Waals surface area contributed by atoms with E-state index in [1.54, 1.807) is 12.1 Å². The van der Waals surface area contributed by atoms with Crippen molar-refractivity contribution in [2.24, 2.45) is 5.73 Å². The number of aryl methyl sites for hydroxylation is 1. The number of halogens is 1. The van der Waals surface area contributed by atoms with Crippen LogP contribution in [0.3, 0.4) is 0 Å². The van der Waals surface area contributed by atoms with Crippen LogP contribution in [0.15, 0.2) is 30.3 Å². The van der Waals surface area contributed by atoms with Crippen LogP contribution >= 0.6 is 0 Å². The van der Waals surface area contributed by atoms with Gasteiger partial charge in [-0.1, -0.05) is 6.92 Å². The summed E-state index contributed by atoms with van der Waals surface area (Å²) in [5.74, 6) is 1.30. The Bertz CT molecular complexity index is 627. The van der Waals surface area contributed by atoms with Gasteiger partial charge < -0.3 is 10.6 Å². The second kappa shape index (κ2) is 5.77. The number of hydrogen-bond donors (Lipinski definition) is 1. The number of nitrogens with two attached hydrogens (primary N) is 1. The Morgan fingerprint density at radius 1 is 1.29 bits per heavy atom. The summed E-state index contributed by atoms with van der Waals surface area (Å²) in [4.78, 5) is 11.4. The van der Waals surface area contributed by atoms with Gasteiger partial charge in [-0.05, 0) is 37.1 Å². The summed E-state index contributed by atoms with van der Waals surface area (Å²) in [5.41, 5.74) is 7.79. The van der Waals surface area contributed by atoms with Gasteiger partial charge in [-0.15, -0.1) is 0 Å². The van der Waals surface area contributed by atoms with Gasteiger partial charge in [0.25, 0.3) is 0 Å². The van der Waals surface area contributed by atoms with E-state index in [9.17, 15) is 4.39 Å². The van der Waals surface area contributed by atoms with Crippen LogP contribution in [0, 0.1) is 5.82 Å². The molecule has 110 valence electrons. The zero-order valence-corrected chi connectivity index (χ0v) is 12.1. The van der Waals surface area contributed by atoms with Crippen LogP contribution in [-0.4, -0.2) is 29.1 Å². The molecule has 1 unspecified atom stereocenters. The smallest absolute Gasteiger partial charge is 0.161 e. The third-order valence-electron chi connectivity index (χ3n) is 3.78. The third-order valence-corrected chi connectivity index (χ3v) is 3.78. The fourth-order valence-electron chi connectivity index (χ4n) is 2.55. The number of nitrogens with zero attached hydrogens (tertiary/aromatic N) is 3. The quantitative estimate of drug-likeness (QED) is 0.941. The van der Waals surface area contributed by atoms with Gasteiger partial charge in [-0.25, -0.2) is 14.4 Å². The first-order valence-electron chi connectivity index (χ1n) is 7.30. The predicted octanol–water partition coefficient (Wildman–Crippen LogP) is 2.38. The fraction of sp³-hybridized carbons (Fsp3) is 0.375. The van der Waals surface area contributed by atoms with Crippen LogP contribution in [0.25, 0.3) is 11.4 Å². The molecular weight excluding hydrogens is 267 g/mol. The maximum Gasteiger partial charge on any atom is 0.161 e. The molecule has 1 fully saturated rings. The van der Waals surface area contributed by atoms with Crippen molar-refractivity contribution in [2.45, 2.75) is 25.8 Å². The minimum atomic E-state index is -0.254. The van der Waals surface area contributed by atoms with E-state index in [0.29, 0.717) is 5.82 Å². The molecule has 5 heteroatoms. The molecule has 1 aliphatic rings. The highest BCUT2D eigenvalue weighted by Crippen LogP contribution is 2.23. The van der Waals surface area contributed by atoms with Crippen LogP contribution in [-0.2, 0) is 6.42 Å². The second-order valence-corrected chi connectivity index (χ2v) is 5.40. The molecule has 3 rings (SSSR count). The van der Waals surface area contributed by atoms with Gasteiger partial charge in [-0.3, -0.25) is 0 Å². The van der Waals surface area contributed by atoms with E-state index < -0.39 is 0 Å². The van der Waals surface area contributed by atoms with Gasteiger partial charge in [0.15, 0.2) is 5.82 Å². The van der Waals surface area contributed by atoms with Crippen LogP contribution in [0.4, 0.5) is 10.2 Å². The molecule has 2 aromatic rings. The molecule has 2 N–H and O–H groups in total. The number of benzene rings is 1. The third kappa shape index (κ3) is 3.03. The minimum absolute atomic E-state index is 0.208. The summed E-state index contributed by atoms with van der Waals surface area (Å²) in [6, 6.07) is 8.52. The van der Waals surface area contributed by atoms with Crippen molar-refractivity contribution in [1.29, 1.82) is 0 Å². The molecule has 21 heavy (non-hydrogen) atoms. The second-order valence-electron chi connectivity index (χ2n) is 5.40. The number of hydrogen-bond acceptors (Lipinski definition) is 4. The van der Waals surface area contributed by atoms with E-state index in [-0.39, 0.29) is 11.9 Å². The van der Waals surface area contributed by atoms with E-state index in [1.807, 2.05) is 6.07 Å². The molecule has 2 heterocycles. The van der Waals surface area contributed by atoms with Crippen LogP contribution in [0.2, 0.25) is 0 Å². The number of rotatable bonds is 3. The molecule has 1 aromatic carbocycles. The molecule has 0 aliphatic carbocycles. The highest BCUT2D eigenvalue weighted by Gasteiger charge is 2.21.